The van der Waals surface area contributed by atoms with E-state index in [0.717, 1.165) is 30.4 Å². The zero-order chi connectivity index (χ0) is 24.4. The molecule has 1 aromatic heterocycles. The Bertz CT molecular complexity index is 1270. The maximum atomic E-state index is 14.8. The molecule has 3 N–H and O–H groups in total. The van der Waals surface area contributed by atoms with Crippen LogP contribution in [-0.4, -0.2) is 42.1 Å². The third-order valence-electron chi connectivity index (χ3n) is 5.81. The van der Waals surface area contributed by atoms with Crippen LogP contribution >= 0.6 is 11.3 Å². The van der Waals surface area contributed by atoms with Crippen LogP contribution in [0.5, 0.6) is 0 Å². The van der Waals surface area contributed by atoms with Crippen molar-refractivity contribution in [2.45, 2.75) is 38.1 Å². The molecular weight excluding hydrogens is 471 g/mol. The van der Waals surface area contributed by atoms with Crippen LogP contribution in [0.1, 0.15) is 30.7 Å². The highest BCUT2D eigenvalue weighted by molar-refractivity contribution is 7.18. The molecule has 35 heavy (non-hydrogen) atoms. The lowest BCUT2D eigenvalue weighted by Crippen LogP contribution is -2.38. The van der Waals surface area contributed by atoms with E-state index in [0.29, 0.717) is 39.9 Å². The summed E-state index contributed by atoms with van der Waals surface area (Å²) in [4.78, 5) is 40.1. The highest BCUT2D eigenvalue weighted by Gasteiger charge is 2.24. The molecule has 0 unspecified atom stereocenters. The molecule has 2 fully saturated rings. The number of anilines is 1. The molecule has 0 bridgehead atoms. The van der Waals surface area contributed by atoms with Gasteiger partial charge in [-0.15, -0.1) is 11.3 Å². The SMILES string of the molecule is O=C(Cc1nc2cc(F)c(-c3ccc(NC(=O)OCC4CC4)cc3)cc2s1)NCC(=O)NC1CC1. The number of carbonyl (C=O) groups is 3. The minimum absolute atomic E-state index is 0.0181. The molecule has 2 saturated carbocycles. The number of thiazole rings is 1. The van der Waals surface area contributed by atoms with Gasteiger partial charge in [0.1, 0.15) is 10.8 Å². The maximum absolute atomic E-state index is 14.8. The third-order valence-corrected chi connectivity index (χ3v) is 6.83. The van der Waals surface area contributed by atoms with Gasteiger partial charge in [0, 0.05) is 23.4 Å². The Hall–Kier alpha value is -3.53. The highest BCUT2D eigenvalue weighted by atomic mass is 32.1. The van der Waals surface area contributed by atoms with Crippen molar-refractivity contribution in [1.29, 1.82) is 0 Å². The summed E-state index contributed by atoms with van der Waals surface area (Å²) in [5, 5.41) is 8.62. The maximum Gasteiger partial charge on any atom is 0.411 e. The summed E-state index contributed by atoms with van der Waals surface area (Å²) in [6, 6.07) is 10.1. The van der Waals surface area contributed by atoms with Crippen molar-refractivity contribution in [3.05, 3.63) is 47.2 Å². The van der Waals surface area contributed by atoms with Crippen molar-refractivity contribution in [3.8, 4) is 11.1 Å². The molecule has 5 rings (SSSR count). The van der Waals surface area contributed by atoms with Gasteiger partial charge in [0.2, 0.25) is 11.8 Å². The van der Waals surface area contributed by atoms with Gasteiger partial charge in [0.05, 0.1) is 29.8 Å². The largest absolute Gasteiger partial charge is 0.449 e. The molecule has 0 saturated heterocycles. The van der Waals surface area contributed by atoms with Gasteiger partial charge in [0.15, 0.2) is 0 Å². The number of halogens is 1. The van der Waals surface area contributed by atoms with Crippen molar-refractivity contribution in [2.75, 3.05) is 18.5 Å². The predicted octanol–water partition coefficient (Wildman–Crippen LogP) is 4.00. The number of hydrogen-bond acceptors (Lipinski definition) is 6. The molecule has 0 radical (unpaired) electrons. The van der Waals surface area contributed by atoms with E-state index in [9.17, 15) is 18.8 Å². The number of benzene rings is 2. The smallest absolute Gasteiger partial charge is 0.411 e. The summed E-state index contributed by atoms with van der Waals surface area (Å²) >= 11 is 1.31. The van der Waals surface area contributed by atoms with Crippen LogP contribution in [0, 0.1) is 11.7 Å². The van der Waals surface area contributed by atoms with Gasteiger partial charge in [-0.3, -0.25) is 14.9 Å². The third kappa shape index (κ3) is 6.33. The van der Waals surface area contributed by atoms with Gasteiger partial charge < -0.3 is 15.4 Å². The number of ether oxygens (including phenoxy) is 1. The van der Waals surface area contributed by atoms with Crippen molar-refractivity contribution in [2.24, 2.45) is 5.92 Å². The molecule has 2 aliphatic rings. The normalized spacial score (nSPS) is 15.0. The van der Waals surface area contributed by atoms with E-state index in [4.69, 9.17) is 4.74 Å². The highest BCUT2D eigenvalue weighted by Crippen LogP contribution is 2.32. The number of nitrogens with zero attached hydrogens (tertiary/aromatic N) is 1. The summed E-state index contributed by atoms with van der Waals surface area (Å²) in [6.07, 6.45) is 3.70. The Kier molecular flexibility index (Phi) is 6.63. The molecule has 1 heterocycles. The standard InChI is InChI=1S/C25H25FN4O4S/c26-19-10-20-21(35-24(30-20)11-22(31)27-12-23(32)28-16-7-8-16)9-18(19)15-3-5-17(6-4-15)29-25(33)34-13-14-1-2-14/h3-6,9-10,14,16H,1-2,7-8,11-13H2,(H,27,31)(H,28,32)(H,29,33). The fraction of sp³-hybridized carbons (Fsp3) is 0.360. The van der Waals surface area contributed by atoms with E-state index in [1.807, 2.05) is 0 Å². The monoisotopic (exact) mass is 496 g/mol. The fourth-order valence-electron chi connectivity index (χ4n) is 3.54. The van der Waals surface area contributed by atoms with Crippen LogP contribution in [0.15, 0.2) is 36.4 Å². The van der Waals surface area contributed by atoms with E-state index in [1.165, 1.54) is 17.4 Å². The molecule has 0 aliphatic heterocycles. The molecule has 8 nitrogen and oxygen atoms in total. The first kappa shape index (κ1) is 23.2. The Balaban J connectivity index is 1.21. The topological polar surface area (TPSA) is 109 Å². The van der Waals surface area contributed by atoms with E-state index in [2.05, 4.69) is 20.9 Å². The molecule has 182 valence electrons. The molecule has 10 heteroatoms. The summed E-state index contributed by atoms with van der Waals surface area (Å²) in [5.74, 6) is -0.455. The summed E-state index contributed by atoms with van der Waals surface area (Å²) in [7, 11) is 0. The lowest BCUT2D eigenvalue weighted by molar-refractivity contribution is -0.125. The van der Waals surface area contributed by atoms with E-state index in [-0.39, 0.29) is 30.8 Å². The molecule has 0 spiro atoms. The second kappa shape index (κ2) is 9.99. The zero-order valence-corrected chi connectivity index (χ0v) is 19.8. The van der Waals surface area contributed by atoms with Gasteiger partial charge in [0.25, 0.3) is 0 Å². The summed E-state index contributed by atoms with van der Waals surface area (Å²) in [5.41, 5.74) is 2.09. The van der Waals surface area contributed by atoms with Crippen LogP contribution < -0.4 is 16.0 Å². The lowest BCUT2D eigenvalue weighted by atomic mass is 10.0. The van der Waals surface area contributed by atoms with E-state index >= 15 is 0 Å². The average molecular weight is 497 g/mol. The fourth-order valence-corrected chi connectivity index (χ4v) is 4.53. The number of nitrogens with one attached hydrogen (secondary N) is 3. The van der Waals surface area contributed by atoms with Gasteiger partial charge in [-0.2, -0.15) is 0 Å². The second-order valence-electron chi connectivity index (χ2n) is 8.95. The Morgan fingerprint density at radius 1 is 1.06 bits per heavy atom. The molecule has 2 aliphatic carbocycles. The number of amides is 3. The minimum atomic E-state index is -0.498. The van der Waals surface area contributed by atoms with E-state index < -0.39 is 11.9 Å². The van der Waals surface area contributed by atoms with Gasteiger partial charge in [-0.05, 0) is 55.4 Å². The van der Waals surface area contributed by atoms with Crippen LogP contribution in [0.4, 0.5) is 14.9 Å². The summed E-state index contributed by atoms with van der Waals surface area (Å²) < 4.78 is 20.8. The number of aromatic nitrogens is 1. The Labute approximate surface area is 205 Å². The van der Waals surface area contributed by atoms with E-state index in [1.54, 1.807) is 30.3 Å². The molecule has 3 amide bonds. The van der Waals surface area contributed by atoms with Crippen LogP contribution in [0.3, 0.4) is 0 Å². The molecule has 0 atom stereocenters. The first-order valence-corrected chi connectivity index (χ1v) is 12.4. The number of carbonyl (C=O) groups excluding carboxylic acids is 3. The lowest BCUT2D eigenvalue weighted by Gasteiger charge is -2.08. The van der Waals surface area contributed by atoms with Crippen molar-refractivity contribution in [1.82, 2.24) is 15.6 Å². The Morgan fingerprint density at radius 2 is 1.83 bits per heavy atom. The first-order chi connectivity index (χ1) is 16.9. The average Bonchev–Trinajstić information content (AvgIpc) is 3.76. The Morgan fingerprint density at radius 3 is 2.54 bits per heavy atom. The number of rotatable bonds is 9. The van der Waals surface area contributed by atoms with Crippen LogP contribution in [-0.2, 0) is 20.7 Å². The van der Waals surface area contributed by atoms with Gasteiger partial charge in [-0.25, -0.2) is 14.2 Å². The summed E-state index contributed by atoms with van der Waals surface area (Å²) in [6.45, 7) is 0.367. The van der Waals surface area contributed by atoms with Gasteiger partial charge in [-0.1, -0.05) is 12.1 Å². The van der Waals surface area contributed by atoms with Crippen molar-refractivity contribution in [3.63, 3.8) is 0 Å². The molecule has 3 aromatic rings. The van der Waals surface area contributed by atoms with Crippen molar-refractivity contribution < 1.29 is 23.5 Å². The molecule has 2 aromatic carbocycles. The van der Waals surface area contributed by atoms with Gasteiger partial charge >= 0.3 is 6.09 Å². The second-order valence-corrected chi connectivity index (χ2v) is 10.1. The number of fused-ring (bicyclic) bond motifs is 1. The van der Waals surface area contributed by atoms with Crippen molar-refractivity contribution >= 4 is 45.1 Å². The molecular formula is C25H25FN4O4S. The van der Waals surface area contributed by atoms with Crippen LogP contribution in [0.2, 0.25) is 0 Å². The predicted molar refractivity (Wildman–Crippen MR) is 131 cm³/mol. The van der Waals surface area contributed by atoms with Crippen LogP contribution in [0.25, 0.3) is 21.3 Å². The first-order valence-electron chi connectivity index (χ1n) is 11.6. The quantitative estimate of drug-likeness (QED) is 0.415. The number of hydrogen-bond donors (Lipinski definition) is 3. The minimum Gasteiger partial charge on any atom is -0.449 e. The zero-order valence-electron chi connectivity index (χ0n) is 18.9.